The van der Waals surface area contributed by atoms with E-state index in [1.807, 2.05) is 30.4 Å². The van der Waals surface area contributed by atoms with E-state index in [-0.39, 0.29) is 11.7 Å². The molecule has 188 valence electrons. The number of ether oxygens (including phenoxy) is 2. The molecule has 1 saturated carbocycles. The molecule has 0 saturated heterocycles. The number of benzene rings is 3. The molecule has 7 heteroatoms. The van der Waals surface area contributed by atoms with Gasteiger partial charge in [0.05, 0.1) is 0 Å². The van der Waals surface area contributed by atoms with Gasteiger partial charge in [-0.05, 0) is 71.9 Å². The van der Waals surface area contributed by atoms with Crippen molar-refractivity contribution in [2.45, 2.75) is 18.8 Å². The summed E-state index contributed by atoms with van der Waals surface area (Å²) in [5.74, 6) is -1.10. The molecule has 0 aromatic heterocycles. The molecule has 1 aliphatic carbocycles. The minimum absolute atomic E-state index is 0.0235. The summed E-state index contributed by atoms with van der Waals surface area (Å²) in [7, 11) is 0. The first kappa shape index (κ1) is 25.4. The second kappa shape index (κ2) is 11.9. The van der Waals surface area contributed by atoms with E-state index in [4.69, 9.17) is 19.7 Å². The minimum atomic E-state index is -1.05. The SMILES string of the molecule is O=C(O)COc1ccc(C=C2CC(c3ccccc3)CC(=Cc3ccc(OCC(=O)O)cc3)C2=O)cc1. The zero-order chi connectivity index (χ0) is 26.2. The van der Waals surface area contributed by atoms with Gasteiger partial charge in [0.2, 0.25) is 0 Å². The zero-order valence-electron chi connectivity index (χ0n) is 20.0. The molecule has 0 heterocycles. The lowest BCUT2D eigenvalue weighted by atomic mass is 9.77. The fourth-order valence-electron chi connectivity index (χ4n) is 4.22. The summed E-state index contributed by atoms with van der Waals surface area (Å²) in [5, 5.41) is 17.6. The highest BCUT2D eigenvalue weighted by Crippen LogP contribution is 2.38. The molecule has 0 atom stereocenters. The van der Waals surface area contributed by atoms with Gasteiger partial charge in [-0.25, -0.2) is 9.59 Å². The van der Waals surface area contributed by atoms with Gasteiger partial charge in [-0.2, -0.15) is 0 Å². The first-order valence-electron chi connectivity index (χ1n) is 11.8. The topological polar surface area (TPSA) is 110 Å². The Morgan fingerprint density at radius 1 is 0.703 bits per heavy atom. The molecule has 7 nitrogen and oxygen atoms in total. The number of carboxylic acids is 2. The van der Waals surface area contributed by atoms with E-state index in [0.29, 0.717) is 35.5 Å². The molecule has 37 heavy (non-hydrogen) atoms. The van der Waals surface area contributed by atoms with Gasteiger partial charge >= 0.3 is 11.9 Å². The number of carboxylic acid groups (broad SMARTS) is 2. The molecule has 3 aromatic rings. The van der Waals surface area contributed by atoms with Crippen molar-refractivity contribution in [3.05, 3.63) is 107 Å². The number of aliphatic carboxylic acids is 2. The van der Waals surface area contributed by atoms with Crippen molar-refractivity contribution in [2.75, 3.05) is 13.2 Å². The third-order valence-corrected chi connectivity index (χ3v) is 5.95. The quantitative estimate of drug-likeness (QED) is 0.389. The Morgan fingerprint density at radius 2 is 1.14 bits per heavy atom. The predicted molar refractivity (Wildman–Crippen MR) is 139 cm³/mol. The Morgan fingerprint density at radius 3 is 1.54 bits per heavy atom. The van der Waals surface area contributed by atoms with Gasteiger partial charge < -0.3 is 19.7 Å². The summed E-state index contributed by atoms with van der Waals surface area (Å²) in [6, 6.07) is 24.0. The van der Waals surface area contributed by atoms with E-state index >= 15 is 0 Å². The lowest BCUT2D eigenvalue weighted by Gasteiger charge is -2.26. The van der Waals surface area contributed by atoms with Crippen LogP contribution in [0.25, 0.3) is 12.2 Å². The van der Waals surface area contributed by atoms with E-state index in [9.17, 15) is 14.4 Å². The highest BCUT2D eigenvalue weighted by Gasteiger charge is 2.28. The monoisotopic (exact) mass is 498 g/mol. The van der Waals surface area contributed by atoms with Gasteiger partial charge in [-0.15, -0.1) is 0 Å². The standard InChI is InChI=1S/C30H26O7/c31-28(32)18-36-26-10-6-20(7-11-26)14-24-16-23(22-4-2-1-3-5-22)17-25(30(24)35)15-21-8-12-27(13-9-21)37-19-29(33)34/h1-15,23H,16-19H2,(H,31,32)(H,33,34). The average Bonchev–Trinajstić information content (AvgIpc) is 2.90. The maximum atomic E-state index is 13.5. The first-order chi connectivity index (χ1) is 17.9. The molecule has 0 bridgehead atoms. The molecule has 0 radical (unpaired) electrons. The van der Waals surface area contributed by atoms with Crippen LogP contribution >= 0.6 is 0 Å². The maximum Gasteiger partial charge on any atom is 0.341 e. The Balaban J connectivity index is 1.60. The third-order valence-electron chi connectivity index (χ3n) is 5.95. The molecule has 2 N–H and O–H groups in total. The van der Waals surface area contributed by atoms with Crippen LogP contribution in [0.4, 0.5) is 0 Å². The minimum Gasteiger partial charge on any atom is -0.482 e. The van der Waals surface area contributed by atoms with Crippen LogP contribution in [-0.4, -0.2) is 41.1 Å². The van der Waals surface area contributed by atoms with Gasteiger partial charge in [0, 0.05) is 11.1 Å². The molecule has 4 rings (SSSR count). The van der Waals surface area contributed by atoms with Crippen LogP contribution in [-0.2, 0) is 14.4 Å². The fraction of sp³-hybridized carbons (Fsp3) is 0.167. The lowest BCUT2D eigenvalue weighted by molar-refractivity contribution is -0.140. The largest absolute Gasteiger partial charge is 0.482 e. The van der Waals surface area contributed by atoms with Crippen LogP contribution < -0.4 is 9.47 Å². The molecule has 0 aliphatic heterocycles. The fourth-order valence-corrected chi connectivity index (χ4v) is 4.22. The Labute approximate surface area is 214 Å². The average molecular weight is 499 g/mol. The Kier molecular flexibility index (Phi) is 8.15. The van der Waals surface area contributed by atoms with Crippen molar-refractivity contribution in [3.63, 3.8) is 0 Å². The van der Waals surface area contributed by atoms with E-state index in [1.165, 1.54) is 0 Å². The number of Topliss-reactive ketones (excluding diaryl/α,β-unsaturated/α-hetero) is 1. The van der Waals surface area contributed by atoms with Crippen molar-refractivity contribution in [1.82, 2.24) is 0 Å². The van der Waals surface area contributed by atoms with E-state index < -0.39 is 25.2 Å². The number of carbonyl (C=O) groups excluding carboxylic acids is 1. The zero-order valence-corrected chi connectivity index (χ0v) is 20.0. The normalized spacial score (nSPS) is 17.5. The van der Waals surface area contributed by atoms with Gasteiger partial charge in [0.25, 0.3) is 0 Å². The Bertz CT molecular complexity index is 1240. The van der Waals surface area contributed by atoms with Crippen LogP contribution in [0.2, 0.25) is 0 Å². The highest BCUT2D eigenvalue weighted by atomic mass is 16.5. The molecule has 0 unspecified atom stereocenters. The molecule has 1 fully saturated rings. The van der Waals surface area contributed by atoms with Crippen LogP contribution in [0.5, 0.6) is 11.5 Å². The summed E-state index contributed by atoms with van der Waals surface area (Å²) in [4.78, 5) is 34.9. The van der Waals surface area contributed by atoms with Crippen molar-refractivity contribution in [2.24, 2.45) is 0 Å². The lowest BCUT2D eigenvalue weighted by Crippen LogP contribution is -2.19. The van der Waals surface area contributed by atoms with E-state index in [1.54, 1.807) is 48.5 Å². The molecular weight excluding hydrogens is 472 g/mol. The van der Waals surface area contributed by atoms with Crippen LogP contribution in [0, 0.1) is 0 Å². The number of hydrogen-bond donors (Lipinski definition) is 2. The summed E-state index contributed by atoms with van der Waals surface area (Å²) < 4.78 is 10.4. The van der Waals surface area contributed by atoms with Gasteiger partial charge in [-0.1, -0.05) is 54.6 Å². The predicted octanol–water partition coefficient (Wildman–Crippen LogP) is 5.23. The smallest absolute Gasteiger partial charge is 0.341 e. The third kappa shape index (κ3) is 7.18. The van der Waals surface area contributed by atoms with E-state index in [2.05, 4.69) is 12.1 Å². The van der Waals surface area contributed by atoms with Crippen molar-refractivity contribution >= 4 is 29.9 Å². The first-order valence-corrected chi connectivity index (χ1v) is 11.8. The van der Waals surface area contributed by atoms with Crippen LogP contribution in [0.15, 0.2) is 90.0 Å². The van der Waals surface area contributed by atoms with Crippen molar-refractivity contribution in [3.8, 4) is 11.5 Å². The molecule has 3 aromatic carbocycles. The van der Waals surface area contributed by atoms with Gasteiger partial charge in [0.15, 0.2) is 19.0 Å². The van der Waals surface area contributed by atoms with Crippen molar-refractivity contribution in [1.29, 1.82) is 0 Å². The summed E-state index contributed by atoms with van der Waals surface area (Å²) in [6.07, 6.45) is 4.93. The molecular formula is C30H26O7. The van der Waals surface area contributed by atoms with E-state index in [0.717, 1.165) is 16.7 Å². The van der Waals surface area contributed by atoms with Crippen LogP contribution in [0.1, 0.15) is 35.4 Å². The molecule has 0 amide bonds. The van der Waals surface area contributed by atoms with Crippen molar-refractivity contribution < 1.29 is 34.1 Å². The maximum absolute atomic E-state index is 13.5. The molecule has 0 spiro atoms. The summed E-state index contributed by atoms with van der Waals surface area (Å²) in [6.45, 7) is -0.836. The summed E-state index contributed by atoms with van der Waals surface area (Å²) >= 11 is 0. The van der Waals surface area contributed by atoms with Gasteiger partial charge in [-0.3, -0.25) is 4.79 Å². The second-order valence-corrected chi connectivity index (χ2v) is 8.69. The molecule has 1 aliphatic rings. The van der Waals surface area contributed by atoms with Gasteiger partial charge in [0.1, 0.15) is 11.5 Å². The number of carbonyl (C=O) groups is 3. The van der Waals surface area contributed by atoms with Crippen LogP contribution in [0.3, 0.4) is 0 Å². The summed E-state index contributed by atoms with van der Waals surface area (Å²) in [5.41, 5.74) is 4.17. The number of ketones is 1. The number of allylic oxidation sites excluding steroid dienone is 2. The Hall–Kier alpha value is -4.65. The number of hydrogen-bond acceptors (Lipinski definition) is 5. The number of rotatable bonds is 9. The second-order valence-electron chi connectivity index (χ2n) is 8.69. The highest BCUT2D eigenvalue weighted by molar-refractivity contribution is 6.14.